The van der Waals surface area contributed by atoms with Gasteiger partial charge in [-0.3, -0.25) is 14.0 Å². The van der Waals surface area contributed by atoms with Crippen LogP contribution in [0.4, 0.5) is 37.7 Å². The molecule has 0 spiro atoms. The number of sulfonamides is 1. The number of carbonyl (C=O) groups is 1. The van der Waals surface area contributed by atoms with Crippen LogP contribution in [0.25, 0.3) is 0 Å². The fraction of sp³-hybridized carbons (Fsp3) is 0.424. The normalized spacial score (nSPS) is 20.5. The average Bonchev–Trinajstić information content (AvgIpc) is 2.99. The lowest BCUT2D eigenvalue weighted by Crippen LogP contribution is -2.70. The van der Waals surface area contributed by atoms with Crippen LogP contribution in [0.1, 0.15) is 54.4 Å². The van der Waals surface area contributed by atoms with Crippen LogP contribution in [-0.2, 0) is 33.6 Å². The Labute approximate surface area is 279 Å². The minimum Gasteiger partial charge on any atom is -0.368 e. The van der Waals surface area contributed by atoms with E-state index < -0.39 is 61.8 Å². The van der Waals surface area contributed by atoms with Crippen LogP contribution in [0.15, 0.2) is 65.6 Å². The van der Waals surface area contributed by atoms with Gasteiger partial charge in [-0.15, -0.1) is 0 Å². The molecule has 2 aliphatic heterocycles. The Kier molecular flexibility index (Phi) is 8.69. The average molecular weight is 715 g/mol. The van der Waals surface area contributed by atoms with Gasteiger partial charge in [0.2, 0.25) is 5.91 Å². The topological polar surface area (TPSA) is 87.0 Å². The van der Waals surface area contributed by atoms with Crippen molar-refractivity contribution in [3.05, 3.63) is 87.9 Å². The molecule has 3 aliphatic rings. The second kappa shape index (κ2) is 12.1. The molecule has 258 valence electrons. The maximum atomic E-state index is 14.2. The second-order valence-corrected chi connectivity index (χ2v) is 15.0. The summed E-state index contributed by atoms with van der Waals surface area (Å²) < 4.78 is 112. The summed E-state index contributed by atoms with van der Waals surface area (Å²) in [6.45, 7) is 2.75. The van der Waals surface area contributed by atoms with Crippen molar-refractivity contribution in [2.45, 2.75) is 67.4 Å². The van der Waals surface area contributed by atoms with E-state index in [-0.39, 0.29) is 29.2 Å². The Balaban J connectivity index is 1.41. The predicted molar refractivity (Wildman–Crippen MR) is 169 cm³/mol. The highest BCUT2D eigenvalue weighted by Gasteiger charge is 2.51. The van der Waals surface area contributed by atoms with Gasteiger partial charge in [-0.1, -0.05) is 36.7 Å². The number of hydrogen-bond donors (Lipinski definition) is 1. The van der Waals surface area contributed by atoms with Crippen molar-refractivity contribution in [1.82, 2.24) is 4.90 Å². The fourth-order valence-electron chi connectivity index (χ4n) is 7.17. The van der Waals surface area contributed by atoms with Crippen molar-refractivity contribution in [3.8, 4) is 0 Å². The van der Waals surface area contributed by atoms with Crippen LogP contribution in [-0.4, -0.2) is 57.0 Å². The summed E-state index contributed by atoms with van der Waals surface area (Å²) in [5.74, 6) is -1.00. The molecule has 1 unspecified atom stereocenters. The minimum absolute atomic E-state index is 0.0516. The number of nitrogens with two attached hydrogens (primary N) is 1. The number of benzene rings is 3. The molecule has 2 heterocycles. The quantitative estimate of drug-likeness (QED) is 0.271. The molecule has 0 aromatic heterocycles. The summed E-state index contributed by atoms with van der Waals surface area (Å²) in [5.41, 5.74) is 4.12. The van der Waals surface area contributed by atoms with E-state index in [2.05, 4.69) is 0 Å². The van der Waals surface area contributed by atoms with E-state index in [4.69, 9.17) is 17.3 Å². The predicted octanol–water partition coefficient (Wildman–Crippen LogP) is 6.83. The van der Waals surface area contributed by atoms with Gasteiger partial charge in [0.05, 0.1) is 40.0 Å². The molecule has 48 heavy (non-hydrogen) atoms. The van der Waals surface area contributed by atoms with E-state index in [0.717, 1.165) is 35.0 Å². The lowest BCUT2D eigenvalue weighted by Gasteiger charge is -2.55. The summed E-state index contributed by atoms with van der Waals surface area (Å²) in [6, 6.07) is 11.6. The molecule has 2 N–H and O–H groups in total. The molecule has 0 bridgehead atoms. The van der Waals surface area contributed by atoms with Crippen molar-refractivity contribution in [2.24, 2.45) is 5.73 Å². The number of alkyl halides is 6. The summed E-state index contributed by atoms with van der Waals surface area (Å²) in [4.78, 5) is 16.0. The summed E-state index contributed by atoms with van der Waals surface area (Å²) in [5, 5.41) is -0.0516. The Hall–Kier alpha value is -3.49. The van der Waals surface area contributed by atoms with E-state index >= 15 is 0 Å². The number of anilines is 2. The first-order valence-electron chi connectivity index (χ1n) is 15.4. The number of halogens is 7. The third-order valence-electron chi connectivity index (χ3n) is 9.93. The molecular weight excluding hydrogens is 682 g/mol. The van der Waals surface area contributed by atoms with Gasteiger partial charge in [0.15, 0.2) is 0 Å². The van der Waals surface area contributed by atoms with Crippen molar-refractivity contribution < 1.29 is 39.6 Å². The SMILES string of the molecule is CC(Cc1c(Cl)cccc1C(F)(F)F)c1ccc2c(c1)N(S(=O)(=O)c1cccc(C(F)(F)F)c1)C[C@@H]1CN(C3(C(N)=O)CCC3)CCN21. The molecule has 1 saturated heterocycles. The van der Waals surface area contributed by atoms with E-state index in [9.17, 15) is 39.6 Å². The van der Waals surface area contributed by atoms with Gasteiger partial charge in [0, 0.05) is 24.7 Å². The smallest absolute Gasteiger partial charge is 0.368 e. The maximum Gasteiger partial charge on any atom is 0.416 e. The molecule has 1 aliphatic carbocycles. The van der Waals surface area contributed by atoms with E-state index in [1.807, 2.05) is 9.80 Å². The highest BCUT2D eigenvalue weighted by molar-refractivity contribution is 7.92. The molecule has 0 radical (unpaired) electrons. The van der Waals surface area contributed by atoms with Crippen molar-refractivity contribution in [3.63, 3.8) is 0 Å². The first-order chi connectivity index (χ1) is 22.4. The largest absolute Gasteiger partial charge is 0.416 e. The van der Waals surface area contributed by atoms with Gasteiger partial charge in [0.1, 0.15) is 5.54 Å². The van der Waals surface area contributed by atoms with Crippen molar-refractivity contribution in [1.29, 1.82) is 0 Å². The van der Waals surface area contributed by atoms with Crippen LogP contribution in [0.2, 0.25) is 5.02 Å². The first kappa shape index (κ1) is 34.4. The molecule has 2 atom stereocenters. The molecule has 1 saturated carbocycles. The third kappa shape index (κ3) is 6.00. The number of fused-ring (bicyclic) bond motifs is 3. The van der Waals surface area contributed by atoms with Crippen LogP contribution < -0.4 is 14.9 Å². The molecule has 3 aromatic carbocycles. The van der Waals surface area contributed by atoms with Crippen molar-refractivity contribution >= 4 is 38.9 Å². The molecule has 6 rings (SSSR count). The Morgan fingerprint density at radius 1 is 0.958 bits per heavy atom. The number of primary amides is 1. The fourth-order valence-corrected chi connectivity index (χ4v) is 8.98. The van der Waals surface area contributed by atoms with Gasteiger partial charge in [-0.05, 0) is 85.2 Å². The molecule has 7 nitrogen and oxygen atoms in total. The molecule has 2 fully saturated rings. The standard InChI is InChI=1S/C33H33ClF6N4O3S/c1-20(15-25-26(33(38,39)40)7-3-8-27(25)34)21-9-10-28-29(16-21)44(48(46,47)24-6-2-5-22(17-24)32(35,36)37)19-23-18-42(13-14-43(23)28)31(30(41)45)11-4-12-31/h2-3,5-10,16-17,20,23H,4,11-15,18-19H2,1H3,(H2,41,45)/t20?,23-/m0/s1. The van der Waals surface area contributed by atoms with Crippen LogP contribution in [0.5, 0.6) is 0 Å². The third-order valence-corrected chi connectivity index (χ3v) is 12.1. The number of hydrogen-bond acceptors (Lipinski definition) is 5. The lowest BCUT2D eigenvalue weighted by atomic mass is 9.74. The molecular formula is C33H33ClF6N4O3S. The monoisotopic (exact) mass is 714 g/mol. The summed E-state index contributed by atoms with van der Waals surface area (Å²) in [6.07, 6.45) is -7.54. The number of amides is 1. The van der Waals surface area contributed by atoms with Gasteiger partial charge < -0.3 is 10.6 Å². The first-order valence-corrected chi connectivity index (χ1v) is 17.3. The van der Waals surface area contributed by atoms with Gasteiger partial charge in [-0.25, -0.2) is 8.42 Å². The maximum absolute atomic E-state index is 14.2. The van der Waals surface area contributed by atoms with Gasteiger partial charge in [-0.2, -0.15) is 26.3 Å². The zero-order chi connectivity index (χ0) is 34.8. The van der Waals surface area contributed by atoms with Crippen LogP contribution in [0.3, 0.4) is 0 Å². The number of nitrogens with zero attached hydrogens (tertiary/aromatic N) is 3. The molecule has 1 amide bonds. The van der Waals surface area contributed by atoms with Crippen LogP contribution >= 0.6 is 11.6 Å². The van der Waals surface area contributed by atoms with Gasteiger partial charge >= 0.3 is 12.4 Å². The number of rotatable bonds is 7. The van der Waals surface area contributed by atoms with E-state index in [0.29, 0.717) is 49.8 Å². The Morgan fingerprint density at radius 3 is 2.29 bits per heavy atom. The van der Waals surface area contributed by atoms with Crippen LogP contribution in [0, 0.1) is 0 Å². The Bertz CT molecular complexity index is 1850. The zero-order valence-electron chi connectivity index (χ0n) is 25.8. The van der Waals surface area contributed by atoms with E-state index in [1.165, 1.54) is 12.1 Å². The van der Waals surface area contributed by atoms with Gasteiger partial charge in [0.25, 0.3) is 10.0 Å². The summed E-state index contributed by atoms with van der Waals surface area (Å²) >= 11 is 6.23. The number of carbonyl (C=O) groups excluding carboxylic acids is 1. The summed E-state index contributed by atoms with van der Waals surface area (Å²) in [7, 11) is -4.58. The minimum atomic E-state index is -4.78. The highest BCUT2D eigenvalue weighted by Crippen LogP contribution is 2.46. The van der Waals surface area contributed by atoms with Crippen molar-refractivity contribution in [2.75, 3.05) is 35.4 Å². The number of piperazine rings is 1. The Morgan fingerprint density at radius 2 is 1.67 bits per heavy atom. The second-order valence-electron chi connectivity index (χ2n) is 12.7. The lowest BCUT2D eigenvalue weighted by molar-refractivity contribution is -0.138. The zero-order valence-corrected chi connectivity index (χ0v) is 27.4. The highest BCUT2D eigenvalue weighted by atomic mass is 35.5. The molecule has 3 aromatic rings. The molecule has 15 heteroatoms. The van der Waals surface area contributed by atoms with E-state index in [1.54, 1.807) is 25.1 Å².